The highest BCUT2D eigenvalue weighted by atomic mass is 35.5. The van der Waals surface area contributed by atoms with Crippen LogP contribution in [0.5, 0.6) is 0 Å². The molecule has 2 heterocycles. The number of aromatic nitrogens is 1. The quantitative estimate of drug-likeness (QED) is 0.908. The Labute approximate surface area is 131 Å². The summed E-state index contributed by atoms with van der Waals surface area (Å²) in [5.74, 6) is 0. The molecule has 3 rings (SSSR count). The van der Waals surface area contributed by atoms with Gasteiger partial charge in [0.2, 0.25) is 0 Å². The van der Waals surface area contributed by atoms with Crippen molar-refractivity contribution >= 4 is 28.2 Å². The topological polar surface area (TPSA) is 28.2 Å². The molecule has 1 N–H and O–H groups in total. The summed E-state index contributed by atoms with van der Waals surface area (Å²) in [6.45, 7) is 6.91. The monoisotopic (exact) mass is 303 g/mol. The molecule has 0 spiro atoms. The molecule has 1 unspecified atom stereocenters. The molecule has 0 radical (unpaired) electrons. The molecule has 1 atom stereocenters. The number of halogens is 1. The molecule has 1 aliphatic rings. The van der Waals surface area contributed by atoms with Crippen molar-refractivity contribution < 1.29 is 0 Å². The molecule has 1 fully saturated rings. The summed E-state index contributed by atoms with van der Waals surface area (Å²) in [5, 5.41) is 5.61. The normalized spacial score (nSPS) is 22.4. The van der Waals surface area contributed by atoms with Crippen LogP contribution in [0.1, 0.15) is 20.3 Å². The van der Waals surface area contributed by atoms with E-state index in [1.807, 2.05) is 18.3 Å². The molecular weight excluding hydrogens is 282 g/mol. The van der Waals surface area contributed by atoms with E-state index in [2.05, 4.69) is 48.2 Å². The van der Waals surface area contributed by atoms with Gasteiger partial charge in [-0.05, 0) is 49.7 Å². The third-order valence-electron chi connectivity index (χ3n) is 4.45. The van der Waals surface area contributed by atoms with Gasteiger partial charge in [-0.1, -0.05) is 25.4 Å². The third-order valence-corrected chi connectivity index (χ3v) is 4.69. The average Bonchev–Trinajstić information content (AvgIpc) is 2.41. The van der Waals surface area contributed by atoms with E-state index in [9.17, 15) is 0 Å². The molecular formula is C17H22ClN3. The van der Waals surface area contributed by atoms with Crippen molar-refractivity contribution in [1.82, 2.24) is 9.88 Å². The number of rotatable bonds is 2. The minimum atomic E-state index is 0.245. The van der Waals surface area contributed by atoms with Crippen LogP contribution in [-0.2, 0) is 0 Å². The second-order valence-corrected chi connectivity index (χ2v) is 7.17. The van der Waals surface area contributed by atoms with Crippen LogP contribution in [0.3, 0.4) is 0 Å². The van der Waals surface area contributed by atoms with Crippen molar-refractivity contribution in [3.05, 3.63) is 35.5 Å². The van der Waals surface area contributed by atoms with E-state index in [1.165, 1.54) is 0 Å². The fourth-order valence-electron chi connectivity index (χ4n) is 3.33. The van der Waals surface area contributed by atoms with E-state index in [4.69, 9.17) is 11.6 Å². The number of anilines is 1. The zero-order valence-corrected chi connectivity index (χ0v) is 13.6. The Morgan fingerprint density at radius 3 is 2.90 bits per heavy atom. The molecule has 3 nitrogen and oxygen atoms in total. The average molecular weight is 304 g/mol. The van der Waals surface area contributed by atoms with Crippen LogP contribution < -0.4 is 5.32 Å². The van der Waals surface area contributed by atoms with Gasteiger partial charge >= 0.3 is 0 Å². The molecule has 2 aromatic rings. The Hall–Kier alpha value is -1.32. The zero-order valence-electron chi connectivity index (χ0n) is 12.9. The Balaban J connectivity index is 1.91. The van der Waals surface area contributed by atoms with Crippen LogP contribution in [0.25, 0.3) is 10.9 Å². The summed E-state index contributed by atoms with van der Waals surface area (Å²) in [6.07, 6.45) is 3.00. The molecule has 1 saturated heterocycles. The van der Waals surface area contributed by atoms with Gasteiger partial charge in [-0.15, -0.1) is 0 Å². The minimum absolute atomic E-state index is 0.245. The number of hydrogen-bond acceptors (Lipinski definition) is 3. The van der Waals surface area contributed by atoms with Gasteiger partial charge in [0, 0.05) is 34.9 Å². The highest BCUT2D eigenvalue weighted by molar-refractivity contribution is 6.31. The number of benzene rings is 1. The van der Waals surface area contributed by atoms with Crippen LogP contribution in [0.15, 0.2) is 30.5 Å². The van der Waals surface area contributed by atoms with Crippen molar-refractivity contribution in [1.29, 1.82) is 0 Å². The first-order valence-corrected chi connectivity index (χ1v) is 7.83. The van der Waals surface area contributed by atoms with Crippen LogP contribution in [0.4, 0.5) is 5.69 Å². The number of hydrogen-bond donors (Lipinski definition) is 1. The number of pyridine rings is 1. The van der Waals surface area contributed by atoms with Crippen LogP contribution in [-0.4, -0.2) is 36.1 Å². The molecule has 112 valence electrons. The zero-order chi connectivity index (χ0) is 15.0. The largest absolute Gasteiger partial charge is 0.381 e. The maximum Gasteiger partial charge on any atom is 0.0737 e. The van der Waals surface area contributed by atoms with E-state index in [1.54, 1.807) is 0 Å². The first-order valence-electron chi connectivity index (χ1n) is 7.45. The van der Waals surface area contributed by atoms with Gasteiger partial charge in [0.25, 0.3) is 0 Å². The smallest absolute Gasteiger partial charge is 0.0737 e. The van der Waals surface area contributed by atoms with E-state index >= 15 is 0 Å². The lowest BCUT2D eigenvalue weighted by Crippen LogP contribution is -2.50. The van der Waals surface area contributed by atoms with Crippen molar-refractivity contribution in [3.8, 4) is 0 Å². The fraction of sp³-hybridized carbons (Fsp3) is 0.471. The Bertz CT molecular complexity index is 654. The second kappa shape index (κ2) is 5.47. The van der Waals surface area contributed by atoms with Crippen LogP contribution in [0, 0.1) is 5.41 Å². The molecule has 1 aromatic heterocycles. The summed E-state index contributed by atoms with van der Waals surface area (Å²) in [7, 11) is 2.20. The standard InChI is InChI=1S/C17H22ClN3/c1-17(2)11-21(3)9-7-16(17)20-14-6-8-19-15-10-12(18)4-5-13(14)15/h4-6,8,10,16H,7,9,11H2,1-3H3,(H,19,20). The summed E-state index contributed by atoms with van der Waals surface area (Å²) >= 11 is 6.06. The summed E-state index contributed by atoms with van der Waals surface area (Å²) < 4.78 is 0. The number of nitrogens with zero attached hydrogens (tertiary/aromatic N) is 2. The number of likely N-dealkylation sites (tertiary alicyclic amines) is 1. The lowest BCUT2D eigenvalue weighted by atomic mass is 9.79. The van der Waals surface area contributed by atoms with Gasteiger partial charge < -0.3 is 10.2 Å². The van der Waals surface area contributed by atoms with Crippen molar-refractivity contribution in [3.63, 3.8) is 0 Å². The maximum atomic E-state index is 6.06. The van der Waals surface area contributed by atoms with Gasteiger partial charge in [0.05, 0.1) is 5.52 Å². The van der Waals surface area contributed by atoms with Gasteiger partial charge in [-0.25, -0.2) is 0 Å². The van der Waals surface area contributed by atoms with Crippen molar-refractivity contribution in [2.45, 2.75) is 26.3 Å². The number of piperidine rings is 1. The highest BCUT2D eigenvalue weighted by Gasteiger charge is 2.34. The van der Waals surface area contributed by atoms with E-state index in [0.717, 1.165) is 41.1 Å². The van der Waals surface area contributed by atoms with E-state index in [-0.39, 0.29) is 5.41 Å². The second-order valence-electron chi connectivity index (χ2n) is 6.73. The first-order chi connectivity index (χ1) is 9.95. The summed E-state index contributed by atoms with van der Waals surface area (Å²) in [5.41, 5.74) is 2.34. The molecule has 0 aliphatic carbocycles. The molecule has 0 amide bonds. The molecule has 1 aliphatic heterocycles. The first kappa shape index (κ1) is 14.6. The minimum Gasteiger partial charge on any atom is -0.381 e. The lowest BCUT2D eigenvalue weighted by molar-refractivity contribution is 0.127. The van der Waals surface area contributed by atoms with Crippen molar-refractivity contribution in [2.24, 2.45) is 5.41 Å². The van der Waals surface area contributed by atoms with Gasteiger partial charge in [-0.3, -0.25) is 4.98 Å². The van der Waals surface area contributed by atoms with E-state index < -0.39 is 0 Å². The molecule has 1 aromatic carbocycles. The SMILES string of the molecule is CN1CCC(Nc2ccnc3cc(Cl)ccc23)C(C)(C)C1. The van der Waals surface area contributed by atoms with Gasteiger partial charge in [0.15, 0.2) is 0 Å². The highest BCUT2D eigenvalue weighted by Crippen LogP contribution is 2.33. The molecule has 21 heavy (non-hydrogen) atoms. The Morgan fingerprint density at radius 2 is 2.14 bits per heavy atom. The Morgan fingerprint density at radius 1 is 1.33 bits per heavy atom. The van der Waals surface area contributed by atoms with E-state index in [0.29, 0.717) is 6.04 Å². The fourth-order valence-corrected chi connectivity index (χ4v) is 3.49. The van der Waals surface area contributed by atoms with Crippen molar-refractivity contribution in [2.75, 3.05) is 25.5 Å². The summed E-state index contributed by atoms with van der Waals surface area (Å²) in [4.78, 5) is 6.82. The van der Waals surface area contributed by atoms with Crippen LogP contribution >= 0.6 is 11.6 Å². The number of nitrogens with one attached hydrogen (secondary N) is 1. The lowest BCUT2D eigenvalue weighted by Gasteiger charge is -2.43. The molecule has 0 saturated carbocycles. The predicted octanol–water partition coefficient (Wildman–Crippen LogP) is 4.03. The Kier molecular flexibility index (Phi) is 3.80. The van der Waals surface area contributed by atoms with Gasteiger partial charge in [-0.2, -0.15) is 0 Å². The summed E-state index contributed by atoms with van der Waals surface area (Å²) in [6, 6.07) is 8.42. The third kappa shape index (κ3) is 2.99. The predicted molar refractivity (Wildman–Crippen MR) is 90.1 cm³/mol. The maximum absolute atomic E-state index is 6.06. The van der Waals surface area contributed by atoms with Gasteiger partial charge in [0.1, 0.15) is 0 Å². The molecule has 0 bridgehead atoms. The number of fused-ring (bicyclic) bond motifs is 1. The van der Waals surface area contributed by atoms with Crippen LogP contribution in [0.2, 0.25) is 5.02 Å². The molecule has 4 heteroatoms.